The Morgan fingerprint density at radius 3 is 2.88 bits per heavy atom. The Hall–Kier alpha value is -0.340. The lowest BCUT2D eigenvalue weighted by Gasteiger charge is -2.19. The molecule has 0 spiro atoms. The maximum atomic E-state index is 8.95. The fraction of sp³-hybridized carbons (Fsp3) is 0.667. The molecule has 1 aliphatic rings. The molecule has 0 aromatic carbocycles. The first kappa shape index (κ1) is 5.79. The smallest absolute Gasteiger partial charge is 0.0981 e. The van der Waals surface area contributed by atoms with Gasteiger partial charge in [0.05, 0.1) is 19.3 Å². The summed E-state index contributed by atoms with van der Waals surface area (Å²) in [6.07, 6.45) is 0.394. The number of aliphatic hydroxyl groups is 1. The number of hydrogen-bond donors (Lipinski definition) is 1. The molecule has 0 aromatic heterocycles. The zero-order valence-electron chi connectivity index (χ0n) is 4.76. The summed E-state index contributed by atoms with van der Waals surface area (Å²) >= 11 is 0. The van der Waals surface area contributed by atoms with E-state index in [2.05, 4.69) is 6.58 Å². The van der Waals surface area contributed by atoms with Crippen LogP contribution in [0.15, 0.2) is 12.2 Å². The zero-order chi connectivity index (χ0) is 5.98. The van der Waals surface area contributed by atoms with E-state index in [1.807, 2.05) is 0 Å². The second-order valence-electron chi connectivity index (χ2n) is 2.00. The first-order chi connectivity index (χ1) is 3.80. The van der Waals surface area contributed by atoms with Gasteiger partial charge in [0, 0.05) is 0 Å². The molecule has 1 atom stereocenters. The Morgan fingerprint density at radius 1 is 1.75 bits per heavy atom. The fourth-order valence-corrected chi connectivity index (χ4v) is 0.683. The van der Waals surface area contributed by atoms with E-state index in [0.717, 1.165) is 18.6 Å². The van der Waals surface area contributed by atoms with Gasteiger partial charge in [-0.25, -0.2) is 0 Å². The number of hydrogen-bond acceptors (Lipinski definition) is 2. The number of rotatable bonds is 0. The van der Waals surface area contributed by atoms with E-state index in [1.54, 1.807) is 0 Å². The largest absolute Gasteiger partial charge is 0.386 e. The average Bonchev–Trinajstić information content (AvgIpc) is 1.77. The van der Waals surface area contributed by atoms with Crippen molar-refractivity contribution in [1.29, 1.82) is 0 Å². The van der Waals surface area contributed by atoms with Crippen molar-refractivity contribution in [2.45, 2.75) is 12.5 Å². The van der Waals surface area contributed by atoms with Crippen molar-refractivity contribution in [3.05, 3.63) is 12.2 Å². The van der Waals surface area contributed by atoms with Crippen LogP contribution in [0.4, 0.5) is 0 Å². The first-order valence-corrected chi connectivity index (χ1v) is 2.74. The SMILES string of the molecule is C=C1CCOC[C@@H]1O. The van der Waals surface area contributed by atoms with Gasteiger partial charge in [-0.1, -0.05) is 6.58 Å². The molecule has 0 bridgehead atoms. The minimum Gasteiger partial charge on any atom is -0.386 e. The lowest BCUT2D eigenvalue weighted by molar-refractivity contribution is 0.0280. The van der Waals surface area contributed by atoms with Crippen molar-refractivity contribution in [3.63, 3.8) is 0 Å². The molecule has 1 rings (SSSR count). The molecular weight excluding hydrogens is 104 g/mol. The van der Waals surface area contributed by atoms with Gasteiger partial charge < -0.3 is 9.84 Å². The molecule has 8 heavy (non-hydrogen) atoms. The summed E-state index contributed by atoms with van der Waals surface area (Å²) < 4.78 is 4.94. The van der Waals surface area contributed by atoms with E-state index in [0.29, 0.717) is 6.61 Å². The molecule has 1 fully saturated rings. The fourth-order valence-electron chi connectivity index (χ4n) is 0.683. The van der Waals surface area contributed by atoms with Crippen LogP contribution in [0.25, 0.3) is 0 Å². The van der Waals surface area contributed by atoms with E-state index in [-0.39, 0.29) is 0 Å². The zero-order valence-corrected chi connectivity index (χ0v) is 4.76. The predicted octanol–water partition coefficient (Wildman–Crippen LogP) is 0.324. The van der Waals surface area contributed by atoms with Crippen molar-refractivity contribution in [3.8, 4) is 0 Å². The van der Waals surface area contributed by atoms with Crippen LogP contribution in [0.5, 0.6) is 0 Å². The highest BCUT2D eigenvalue weighted by Gasteiger charge is 2.12. The first-order valence-electron chi connectivity index (χ1n) is 2.74. The van der Waals surface area contributed by atoms with E-state index >= 15 is 0 Å². The highest BCUT2D eigenvalue weighted by atomic mass is 16.5. The summed E-state index contributed by atoms with van der Waals surface area (Å²) in [7, 11) is 0. The molecular formula is C6H10O2. The van der Waals surface area contributed by atoms with Crippen molar-refractivity contribution in [2.75, 3.05) is 13.2 Å². The van der Waals surface area contributed by atoms with Crippen LogP contribution in [0.3, 0.4) is 0 Å². The van der Waals surface area contributed by atoms with Crippen LogP contribution in [0, 0.1) is 0 Å². The van der Waals surface area contributed by atoms with Gasteiger partial charge in [0.25, 0.3) is 0 Å². The van der Waals surface area contributed by atoms with E-state index in [1.165, 1.54) is 0 Å². The van der Waals surface area contributed by atoms with E-state index in [4.69, 9.17) is 9.84 Å². The molecule has 0 radical (unpaired) electrons. The quantitative estimate of drug-likeness (QED) is 0.460. The lowest BCUT2D eigenvalue weighted by Crippen LogP contribution is -2.23. The van der Waals surface area contributed by atoms with Gasteiger partial charge in [0.2, 0.25) is 0 Å². The molecule has 0 unspecified atom stereocenters. The maximum Gasteiger partial charge on any atom is 0.0981 e. The third kappa shape index (κ3) is 1.08. The topological polar surface area (TPSA) is 29.5 Å². The van der Waals surface area contributed by atoms with Gasteiger partial charge in [-0.15, -0.1) is 0 Å². The monoisotopic (exact) mass is 114 g/mol. The van der Waals surface area contributed by atoms with Gasteiger partial charge in [-0.3, -0.25) is 0 Å². The molecule has 0 amide bonds. The van der Waals surface area contributed by atoms with E-state index in [9.17, 15) is 0 Å². The van der Waals surface area contributed by atoms with Crippen molar-refractivity contribution in [2.24, 2.45) is 0 Å². The second-order valence-corrected chi connectivity index (χ2v) is 2.00. The minimum absolute atomic E-state index is 0.413. The van der Waals surface area contributed by atoms with Crippen LogP contribution in [-0.2, 0) is 4.74 Å². The Bertz CT molecular complexity index is 98.7. The number of aliphatic hydroxyl groups excluding tert-OH is 1. The molecule has 0 aliphatic carbocycles. The van der Waals surface area contributed by atoms with Crippen LogP contribution >= 0.6 is 0 Å². The molecule has 0 saturated carbocycles. The second kappa shape index (κ2) is 2.29. The summed E-state index contributed by atoms with van der Waals surface area (Å²) in [5.41, 5.74) is 0.899. The molecule has 2 nitrogen and oxygen atoms in total. The van der Waals surface area contributed by atoms with Gasteiger partial charge in [0.1, 0.15) is 0 Å². The summed E-state index contributed by atoms with van der Waals surface area (Å²) in [6.45, 7) is 4.81. The molecule has 1 N–H and O–H groups in total. The molecule has 46 valence electrons. The van der Waals surface area contributed by atoms with Crippen LogP contribution in [0.1, 0.15) is 6.42 Å². The molecule has 1 saturated heterocycles. The summed E-state index contributed by atoms with van der Waals surface area (Å²) in [6, 6.07) is 0. The Kier molecular flexibility index (Phi) is 1.65. The van der Waals surface area contributed by atoms with Gasteiger partial charge >= 0.3 is 0 Å². The predicted molar refractivity (Wildman–Crippen MR) is 30.6 cm³/mol. The van der Waals surface area contributed by atoms with Crippen molar-refractivity contribution < 1.29 is 9.84 Å². The van der Waals surface area contributed by atoms with Gasteiger partial charge in [-0.2, -0.15) is 0 Å². The summed E-state index contributed by atoms with van der Waals surface area (Å²) in [4.78, 5) is 0. The van der Waals surface area contributed by atoms with Crippen molar-refractivity contribution >= 4 is 0 Å². The molecule has 2 heteroatoms. The average molecular weight is 114 g/mol. The third-order valence-corrected chi connectivity index (χ3v) is 1.31. The Balaban J connectivity index is 2.39. The highest BCUT2D eigenvalue weighted by molar-refractivity contribution is 5.03. The summed E-state index contributed by atoms with van der Waals surface area (Å²) in [5, 5.41) is 8.95. The number of ether oxygens (including phenoxy) is 1. The lowest BCUT2D eigenvalue weighted by atomic mass is 10.1. The minimum atomic E-state index is -0.413. The standard InChI is InChI=1S/C6H10O2/c1-5-2-3-8-4-6(5)7/h6-7H,1-4H2/t6-/m0/s1. The van der Waals surface area contributed by atoms with E-state index < -0.39 is 6.10 Å². The normalized spacial score (nSPS) is 30.6. The maximum absolute atomic E-state index is 8.95. The van der Waals surface area contributed by atoms with Crippen LogP contribution in [0.2, 0.25) is 0 Å². The molecule has 1 heterocycles. The third-order valence-electron chi connectivity index (χ3n) is 1.31. The Morgan fingerprint density at radius 2 is 2.50 bits per heavy atom. The molecule has 1 aliphatic heterocycles. The van der Waals surface area contributed by atoms with Gasteiger partial charge in [-0.05, 0) is 12.0 Å². The van der Waals surface area contributed by atoms with Crippen molar-refractivity contribution in [1.82, 2.24) is 0 Å². The highest BCUT2D eigenvalue weighted by Crippen LogP contribution is 2.10. The van der Waals surface area contributed by atoms with Crippen LogP contribution < -0.4 is 0 Å². The van der Waals surface area contributed by atoms with Crippen LogP contribution in [-0.4, -0.2) is 24.4 Å². The summed E-state index contributed by atoms with van der Waals surface area (Å²) in [5.74, 6) is 0. The Labute approximate surface area is 48.8 Å². The van der Waals surface area contributed by atoms with Gasteiger partial charge in [0.15, 0.2) is 0 Å². The molecule has 0 aromatic rings.